The quantitative estimate of drug-likeness (QED) is 0.658. The van der Waals surface area contributed by atoms with E-state index in [1.165, 1.54) is 11.6 Å². The molecular weight excluding hydrogens is 222 g/mol. The molecule has 2 N–H and O–H groups in total. The van der Waals surface area contributed by atoms with Gasteiger partial charge in [-0.1, -0.05) is 60.2 Å². The summed E-state index contributed by atoms with van der Waals surface area (Å²) in [6.07, 6.45) is 1.47. The van der Waals surface area contributed by atoms with E-state index in [9.17, 15) is 4.79 Å². The SMILES string of the molecule is Cc1ccc(/C(N)=C/C(=O)c2ccccc2)cc1. The highest BCUT2D eigenvalue weighted by Crippen LogP contribution is 2.11. The standard InChI is InChI=1S/C16H15NO/c1-12-7-9-13(10-8-12)15(17)11-16(18)14-5-3-2-4-6-14/h2-11H,17H2,1H3/b15-11-. The van der Waals surface area contributed by atoms with Gasteiger partial charge in [0.1, 0.15) is 0 Å². The molecule has 2 heteroatoms. The summed E-state index contributed by atoms with van der Waals surface area (Å²) >= 11 is 0. The predicted octanol–water partition coefficient (Wildman–Crippen LogP) is 3.18. The second-order valence-electron chi connectivity index (χ2n) is 4.20. The van der Waals surface area contributed by atoms with Gasteiger partial charge in [0.05, 0.1) is 0 Å². The number of hydrogen-bond acceptors (Lipinski definition) is 2. The summed E-state index contributed by atoms with van der Waals surface area (Å²) in [5.74, 6) is -0.0753. The van der Waals surface area contributed by atoms with E-state index in [2.05, 4.69) is 0 Å². The van der Waals surface area contributed by atoms with Crippen molar-refractivity contribution in [2.45, 2.75) is 6.92 Å². The van der Waals surface area contributed by atoms with Gasteiger partial charge in [-0.3, -0.25) is 4.79 Å². The van der Waals surface area contributed by atoms with Crippen molar-refractivity contribution >= 4 is 11.5 Å². The molecule has 0 radical (unpaired) electrons. The fraction of sp³-hybridized carbons (Fsp3) is 0.0625. The summed E-state index contributed by atoms with van der Waals surface area (Å²) in [5.41, 5.74) is 9.09. The Hall–Kier alpha value is -2.35. The van der Waals surface area contributed by atoms with Crippen LogP contribution in [0.4, 0.5) is 0 Å². The van der Waals surface area contributed by atoms with Crippen LogP contribution < -0.4 is 5.73 Å². The van der Waals surface area contributed by atoms with Crippen molar-refractivity contribution < 1.29 is 4.79 Å². The molecule has 2 aromatic rings. The van der Waals surface area contributed by atoms with Gasteiger partial charge in [-0.15, -0.1) is 0 Å². The van der Waals surface area contributed by atoms with Crippen LogP contribution in [0.1, 0.15) is 21.5 Å². The minimum Gasteiger partial charge on any atom is -0.398 e. The number of carbonyl (C=O) groups excluding carboxylic acids is 1. The van der Waals surface area contributed by atoms with E-state index in [-0.39, 0.29) is 5.78 Å². The fourth-order valence-electron chi connectivity index (χ4n) is 1.66. The Kier molecular flexibility index (Phi) is 3.58. The monoisotopic (exact) mass is 237 g/mol. The first-order chi connectivity index (χ1) is 8.66. The molecule has 2 nitrogen and oxygen atoms in total. The Bertz CT molecular complexity index is 568. The Labute approximate surface area is 107 Å². The summed E-state index contributed by atoms with van der Waals surface area (Å²) < 4.78 is 0. The van der Waals surface area contributed by atoms with Crippen LogP contribution in [0.5, 0.6) is 0 Å². The van der Waals surface area contributed by atoms with Crippen LogP contribution >= 0.6 is 0 Å². The van der Waals surface area contributed by atoms with Crippen molar-refractivity contribution in [2.75, 3.05) is 0 Å². The Morgan fingerprint density at radius 3 is 2.17 bits per heavy atom. The topological polar surface area (TPSA) is 43.1 Å². The third kappa shape index (κ3) is 2.86. The lowest BCUT2D eigenvalue weighted by molar-refractivity contribution is 0.104. The highest BCUT2D eigenvalue weighted by molar-refractivity contribution is 6.08. The number of rotatable bonds is 3. The minimum atomic E-state index is -0.0753. The smallest absolute Gasteiger partial charge is 0.187 e. The first-order valence-corrected chi connectivity index (χ1v) is 5.80. The van der Waals surface area contributed by atoms with Gasteiger partial charge in [-0.2, -0.15) is 0 Å². The molecule has 2 rings (SSSR count). The molecule has 0 saturated heterocycles. The van der Waals surface area contributed by atoms with E-state index >= 15 is 0 Å². The molecular formula is C16H15NO. The lowest BCUT2D eigenvalue weighted by Gasteiger charge is -2.02. The lowest BCUT2D eigenvalue weighted by atomic mass is 10.1. The molecule has 0 heterocycles. The van der Waals surface area contributed by atoms with Crippen LogP contribution in [-0.2, 0) is 0 Å². The van der Waals surface area contributed by atoms with Gasteiger partial charge in [0.15, 0.2) is 5.78 Å². The van der Waals surface area contributed by atoms with Gasteiger partial charge in [0.2, 0.25) is 0 Å². The molecule has 90 valence electrons. The third-order valence-electron chi connectivity index (χ3n) is 2.73. The third-order valence-corrected chi connectivity index (χ3v) is 2.73. The average molecular weight is 237 g/mol. The molecule has 0 spiro atoms. The largest absolute Gasteiger partial charge is 0.398 e. The zero-order chi connectivity index (χ0) is 13.0. The van der Waals surface area contributed by atoms with Gasteiger partial charge in [0.25, 0.3) is 0 Å². The lowest BCUT2D eigenvalue weighted by Crippen LogP contribution is -2.02. The van der Waals surface area contributed by atoms with E-state index in [4.69, 9.17) is 5.73 Å². The number of benzene rings is 2. The van der Waals surface area contributed by atoms with E-state index in [1.54, 1.807) is 12.1 Å². The Morgan fingerprint density at radius 2 is 1.56 bits per heavy atom. The summed E-state index contributed by atoms with van der Waals surface area (Å²) in [4.78, 5) is 11.9. The van der Waals surface area contributed by atoms with Crippen LogP contribution in [0.15, 0.2) is 60.7 Å². The predicted molar refractivity (Wildman–Crippen MR) is 74.1 cm³/mol. The maximum atomic E-state index is 11.9. The molecule has 0 fully saturated rings. The molecule has 0 atom stereocenters. The Morgan fingerprint density at radius 1 is 0.944 bits per heavy atom. The number of hydrogen-bond donors (Lipinski definition) is 1. The van der Waals surface area contributed by atoms with Crippen molar-refractivity contribution in [1.82, 2.24) is 0 Å². The van der Waals surface area contributed by atoms with Crippen LogP contribution in [0.2, 0.25) is 0 Å². The van der Waals surface area contributed by atoms with Crippen molar-refractivity contribution in [1.29, 1.82) is 0 Å². The molecule has 2 aromatic carbocycles. The normalized spacial score (nSPS) is 11.3. The van der Waals surface area contributed by atoms with Gasteiger partial charge in [-0.25, -0.2) is 0 Å². The maximum absolute atomic E-state index is 11.9. The summed E-state index contributed by atoms with van der Waals surface area (Å²) in [6.45, 7) is 2.01. The summed E-state index contributed by atoms with van der Waals surface area (Å²) in [7, 11) is 0. The highest BCUT2D eigenvalue weighted by atomic mass is 16.1. The second-order valence-corrected chi connectivity index (χ2v) is 4.20. The van der Waals surface area contributed by atoms with E-state index in [0.717, 1.165) is 5.56 Å². The van der Waals surface area contributed by atoms with Crippen LogP contribution in [0, 0.1) is 6.92 Å². The Balaban J connectivity index is 2.23. The first-order valence-electron chi connectivity index (χ1n) is 5.80. The van der Waals surface area contributed by atoms with Crippen molar-refractivity contribution in [3.05, 3.63) is 77.4 Å². The van der Waals surface area contributed by atoms with Crippen molar-refractivity contribution in [3.63, 3.8) is 0 Å². The number of allylic oxidation sites excluding steroid dienone is 1. The molecule has 0 aliphatic rings. The average Bonchev–Trinajstić information content (AvgIpc) is 2.40. The molecule has 0 aliphatic heterocycles. The molecule has 18 heavy (non-hydrogen) atoms. The van der Waals surface area contributed by atoms with Crippen LogP contribution in [-0.4, -0.2) is 5.78 Å². The van der Waals surface area contributed by atoms with Gasteiger partial charge in [-0.05, 0) is 12.5 Å². The van der Waals surface area contributed by atoms with Crippen LogP contribution in [0.3, 0.4) is 0 Å². The maximum Gasteiger partial charge on any atom is 0.187 e. The minimum absolute atomic E-state index is 0.0753. The van der Waals surface area contributed by atoms with Crippen molar-refractivity contribution in [2.24, 2.45) is 5.73 Å². The highest BCUT2D eigenvalue weighted by Gasteiger charge is 2.03. The van der Waals surface area contributed by atoms with Crippen molar-refractivity contribution in [3.8, 4) is 0 Å². The molecule has 0 saturated carbocycles. The van der Waals surface area contributed by atoms with E-state index in [1.807, 2.05) is 49.4 Å². The van der Waals surface area contributed by atoms with Crippen LogP contribution in [0.25, 0.3) is 5.70 Å². The summed E-state index contributed by atoms with van der Waals surface area (Å²) in [5, 5.41) is 0. The van der Waals surface area contributed by atoms with Gasteiger partial charge >= 0.3 is 0 Å². The zero-order valence-corrected chi connectivity index (χ0v) is 10.3. The molecule has 0 bridgehead atoms. The van der Waals surface area contributed by atoms with E-state index < -0.39 is 0 Å². The fourth-order valence-corrected chi connectivity index (χ4v) is 1.66. The number of nitrogens with two attached hydrogens (primary N) is 1. The zero-order valence-electron chi connectivity index (χ0n) is 10.3. The number of carbonyl (C=O) groups is 1. The summed E-state index contributed by atoms with van der Waals surface area (Å²) in [6, 6.07) is 16.9. The van der Waals surface area contributed by atoms with E-state index in [0.29, 0.717) is 11.3 Å². The molecule has 0 aromatic heterocycles. The second kappa shape index (κ2) is 5.32. The number of aryl methyl sites for hydroxylation is 1. The van der Waals surface area contributed by atoms with Gasteiger partial charge in [0, 0.05) is 17.3 Å². The molecule has 0 aliphatic carbocycles. The molecule has 0 amide bonds. The molecule has 0 unspecified atom stereocenters. The van der Waals surface area contributed by atoms with Gasteiger partial charge < -0.3 is 5.73 Å². The first kappa shape index (κ1) is 12.1. The number of ketones is 1.